The molecule has 3 N–H and O–H groups in total. The highest BCUT2D eigenvalue weighted by Gasteiger charge is 2.35. The van der Waals surface area contributed by atoms with E-state index in [2.05, 4.69) is 16.5 Å². The lowest BCUT2D eigenvalue weighted by Crippen LogP contribution is -2.87. The Labute approximate surface area is 191 Å². The lowest BCUT2D eigenvalue weighted by atomic mass is 9.86. The van der Waals surface area contributed by atoms with Crippen LogP contribution in [0.4, 0.5) is 0 Å². The Kier molecular flexibility index (Phi) is 8.70. The van der Waals surface area contributed by atoms with Gasteiger partial charge in [0.25, 0.3) is 0 Å². The van der Waals surface area contributed by atoms with Crippen molar-refractivity contribution >= 4 is 40.4 Å². The molecule has 1 atom stereocenters. The number of quaternary nitrogens is 1. The van der Waals surface area contributed by atoms with Gasteiger partial charge < -0.3 is 25.5 Å². The maximum absolute atomic E-state index is 12.8. The molecule has 3 heterocycles. The van der Waals surface area contributed by atoms with Crippen molar-refractivity contribution in [3.63, 3.8) is 0 Å². The third-order valence-corrected chi connectivity index (χ3v) is 6.10. The normalized spacial score (nSPS) is 18.4. The predicted octanol–water partition coefficient (Wildman–Crippen LogP) is 2.53. The van der Waals surface area contributed by atoms with Crippen LogP contribution in [-0.4, -0.2) is 43.1 Å². The second-order valence-corrected chi connectivity index (χ2v) is 8.39. The lowest BCUT2D eigenvalue weighted by molar-refractivity contribution is -0.670. The Morgan fingerprint density at radius 3 is 2.58 bits per heavy atom. The molecule has 0 amide bonds. The minimum atomic E-state index is -0.484. The highest BCUT2D eigenvalue weighted by molar-refractivity contribution is 7.80. The first kappa shape index (κ1) is 23.1. The number of carbonyl (C=O) groups is 1. The molecular formula is C23H25N3O3S2. The van der Waals surface area contributed by atoms with Gasteiger partial charge in [-0.3, -0.25) is 5.87 Å². The molecule has 1 fully saturated rings. The molecule has 0 bridgehead atoms. The number of esters is 1. The van der Waals surface area contributed by atoms with Gasteiger partial charge in [-0.15, -0.1) is 11.3 Å². The number of nitrogens with two attached hydrogens (primary N) is 1. The van der Waals surface area contributed by atoms with Crippen LogP contribution in [0.5, 0.6) is 0 Å². The van der Waals surface area contributed by atoms with Crippen molar-refractivity contribution in [2.75, 3.05) is 26.3 Å². The summed E-state index contributed by atoms with van der Waals surface area (Å²) in [5.74, 6) is 1.22. The van der Waals surface area contributed by atoms with Gasteiger partial charge in [-0.25, -0.2) is 4.79 Å². The van der Waals surface area contributed by atoms with Crippen molar-refractivity contribution in [3.8, 4) is 0 Å². The van der Waals surface area contributed by atoms with E-state index in [1.807, 2.05) is 47.8 Å². The smallest absolute Gasteiger partial charge is 0.337 e. The molecule has 4 rings (SSSR count). The van der Waals surface area contributed by atoms with Crippen LogP contribution in [0.3, 0.4) is 0 Å². The number of carbonyl (C=O) groups excluding carboxylic acids is 1. The molecule has 0 spiro atoms. The van der Waals surface area contributed by atoms with Gasteiger partial charge in [0.2, 0.25) is 0 Å². The van der Waals surface area contributed by atoms with Crippen LogP contribution in [0.2, 0.25) is 0 Å². The van der Waals surface area contributed by atoms with Crippen LogP contribution in [0.15, 0.2) is 64.7 Å². The zero-order valence-corrected chi connectivity index (χ0v) is 18.9. The van der Waals surface area contributed by atoms with Gasteiger partial charge in [-0.2, -0.15) is 0 Å². The molecular weight excluding hydrogens is 430 g/mol. The quantitative estimate of drug-likeness (QED) is 0.320. The number of ether oxygens (including phenoxy) is 2. The highest BCUT2D eigenvalue weighted by Crippen LogP contribution is 2.38. The number of morpholine rings is 1. The van der Waals surface area contributed by atoms with Gasteiger partial charge in [0, 0.05) is 16.1 Å². The molecule has 0 aliphatic carbocycles. The number of hydrogen-bond acceptors (Lipinski definition) is 5. The Hall–Kier alpha value is -2.61. The summed E-state index contributed by atoms with van der Waals surface area (Å²) in [6.45, 7) is 6.15. The van der Waals surface area contributed by atoms with E-state index in [1.165, 1.54) is 11.3 Å². The van der Waals surface area contributed by atoms with Gasteiger partial charge in [0.05, 0.1) is 37.8 Å². The molecule has 1 unspecified atom stereocenters. The zero-order valence-electron chi connectivity index (χ0n) is 17.3. The molecule has 1 aromatic heterocycles. The van der Waals surface area contributed by atoms with E-state index in [1.54, 1.807) is 6.92 Å². The molecule has 2 aliphatic rings. The summed E-state index contributed by atoms with van der Waals surface area (Å²) in [7, 11) is 0. The molecule has 2 aromatic rings. The summed E-state index contributed by atoms with van der Waals surface area (Å²) in [6, 6.07) is 13.3. The highest BCUT2D eigenvalue weighted by atomic mass is 32.1. The first-order chi connectivity index (χ1) is 15.1. The minimum absolute atomic E-state index is 0.181. The average Bonchev–Trinajstić information content (AvgIpc) is 3.34. The standard InChI is InChI=1S/C19H15N2O2S2.C4H9NO/c1-12-16(19(22)23-11-13-6-3-2-4-7-13)17(15-8-5-9-25-15)14(10-20)18(24)21-12;1-3-6-4-2-5-1/h2-9,17H,11H2,1H3,(H,21,24);5H,1-4H2/q-1;/p+1. The molecule has 2 aliphatic heterocycles. The van der Waals surface area contributed by atoms with Gasteiger partial charge in [-0.1, -0.05) is 48.6 Å². The van der Waals surface area contributed by atoms with Gasteiger partial charge >= 0.3 is 5.97 Å². The van der Waals surface area contributed by atoms with Crippen molar-refractivity contribution in [3.05, 3.63) is 80.5 Å². The number of thiophene rings is 1. The van der Waals surface area contributed by atoms with Gasteiger partial charge in [0.1, 0.15) is 11.6 Å². The summed E-state index contributed by atoms with van der Waals surface area (Å²) in [6.07, 6.45) is 0. The number of thiocarbonyl (C=S) groups is 1. The third kappa shape index (κ3) is 6.19. The van der Waals surface area contributed by atoms with Crippen molar-refractivity contribution in [2.45, 2.75) is 19.4 Å². The van der Waals surface area contributed by atoms with Crippen LogP contribution in [0.1, 0.15) is 23.3 Å². The first-order valence-corrected chi connectivity index (χ1v) is 11.3. The molecule has 1 aromatic carbocycles. The second-order valence-electron chi connectivity index (χ2n) is 7.01. The molecule has 8 heteroatoms. The fourth-order valence-corrected chi connectivity index (χ4v) is 4.46. The predicted molar refractivity (Wildman–Crippen MR) is 126 cm³/mol. The molecule has 162 valence electrons. The van der Waals surface area contributed by atoms with E-state index in [4.69, 9.17) is 21.7 Å². The lowest BCUT2D eigenvalue weighted by Gasteiger charge is -2.29. The SMILES string of the molecule is C1COCC[NH2+]1.CC1=C(C(=O)OCc2ccccc2)C(c2cccs2)C(=C=[N-])C(=S)N1. The van der Waals surface area contributed by atoms with Crippen molar-refractivity contribution in [1.82, 2.24) is 5.32 Å². The molecule has 1 saturated heterocycles. The van der Waals surface area contributed by atoms with Crippen LogP contribution < -0.4 is 10.6 Å². The second kappa shape index (κ2) is 11.7. The van der Waals surface area contributed by atoms with Crippen LogP contribution >= 0.6 is 23.6 Å². The number of hydrogen-bond donors (Lipinski definition) is 2. The summed E-state index contributed by atoms with van der Waals surface area (Å²) in [5, 5.41) is 16.7. The summed E-state index contributed by atoms with van der Waals surface area (Å²) >= 11 is 6.77. The van der Waals surface area contributed by atoms with E-state index >= 15 is 0 Å². The Balaban J connectivity index is 0.000000391. The molecule has 6 nitrogen and oxygen atoms in total. The minimum Gasteiger partial charge on any atom is -0.763 e. The first-order valence-electron chi connectivity index (χ1n) is 10.0. The van der Waals surface area contributed by atoms with E-state index in [0.29, 0.717) is 21.8 Å². The van der Waals surface area contributed by atoms with Crippen molar-refractivity contribution < 1.29 is 19.6 Å². The van der Waals surface area contributed by atoms with E-state index in [0.717, 1.165) is 36.7 Å². The molecule has 31 heavy (non-hydrogen) atoms. The fraction of sp³-hybridized carbons (Fsp3) is 0.304. The van der Waals surface area contributed by atoms with Gasteiger partial charge in [0.15, 0.2) is 0 Å². The number of rotatable bonds is 4. The summed E-state index contributed by atoms with van der Waals surface area (Å²) < 4.78 is 10.5. The maximum Gasteiger partial charge on any atom is 0.337 e. The molecule has 0 saturated carbocycles. The van der Waals surface area contributed by atoms with E-state index in [9.17, 15) is 10.2 Å². The van der Waals surface area contributed by atoms with Crippen LogP contribution in [-0.2, 0) is 20.9 Å². The van der Waals surface area contributed by atoms with Gasteiger partial charge in [-0.05, 0) is 23.9 Å². The maximum atomic E-state index is 12.8. The summed E-state index contributed by atoms with van der Waals surface area (Å²) in [5.41, 5.74) is 2.34. The molecule has 0 radical (unpaired) electrons. The van der Waals surface area contributed by atoms with Crippen LogP contribution in [0.25, 0.3) is 5.41 Å². The largest absolute Gasteiger partial charge is 0.763 e. The monoisotopic (exact) mass is 455 g/mol. The Morgan fingerprint density at radius 1 is 1.29 bits per heavy atom. The van der Waals surface area contributed by atoms with Crippen molar-refractivity contribution in [2.24, 2.45) is 0 Å². The number of benzene rings is 1. The zero-order chi connectivity index (χ0) is 22.1. The topological polar surface area (TPSA) is 86.5 Å². The number of nitrogens with zero attached hydrogens (tertiary/aromatic N) is 1. The average molecular weight is 456 g/mol. The number of nitrogens with one attached hydrogen (secondary N) is 1. The third-order valence-electron chi connectivity index (χ3n) is 4.84. The van der Waals surface area contributed by atoms with Crippen LogP contribution in [0, 0.1) is 0 Å². The number of allylic oxidation sites excluding steroid dienone is 1. The Bertz CT molecular complexity index is 965. The van der Waals surface area contributed by atoms with E-state index in [-0.39, 0.29) is 6.61 Å². The van der Waals surface area contributed by atoms with Crippen molar-refractivity contribution in [1.29, 1.82) is 0 Å². The summed E-state index contributed by atoms with van der Waals surface area (Å²) in [4.78, 5) is 14.0. The van der Waals surface area contributed by atoms with E-state index < -0.39 is 11.9 Å². The Morgan fingerprint density at radius 2 is 2.03 bits per heavy atom. The fourth-order valence-electron chi connectivity index (χ4n) is 3.30.